The molecule has 0 unspecified atom stereocenters. The first-order valence-corrected chi connectivity index (χ1v) is 7.41. The van der Waals surface area contributed by atoms with Gasteiger partial charge in [0, 0.05) is 29.6 Å². The van der Waals surface area contributed by atoms with Crippen LogP contribution in [-0.4, -0.2) is 12.0 Å². The highest BCUT2D eigenvalue weighted by molar-refractivity contribution is 9.10. The normalized spacial score (nSPS) is 10.5. The Hall–Kier alpha value is -1.06. The van der Waals surface area contributed by atoms with Crippen molar-refractivity contribution in [2.45, 2.75) is 19.3 Å². The van der Waals surface area contributed by atoms with Crippen LogP contribution in [0.2, 0.25) is 0 Å². The third-order valence-electron chi connectivity index (χ3n) is 3.08. The fourth-order valence-electron chi connectivity index (χ4n) is 1.89. The van der Waals surface area contributed by atoms with Gasteiger partial charge < -0.3 is 4.90 Å². The fraction of sp³-hybridized carbons (Fsp3) is 0.267. The van der Waals surface area contributed by atoms with E-state index >= 15 is 0 Å². The van der Waals surface area contributed by atoms with E-state index in [1.165, 1.54) is 5.56 Å². The van der Waals surface area contributed by atoms with Crippen LogP contribution in [0.15, 0.2) is 40.9 Å². The topological polar surface area (TPSA) is 16.1 Å². The number of aryl methyl sites for hydroxylation is 1. The van der Waals surface area contributed by atoms with Crippen LogP contribution in [0.3, 0.4) is 0 Å². The number of anilines is 1. The van der Waals surface area contributed by atoms with Crippen LogP contribution in [0.1, 0.15) is 16.8 Å². The standard InChI is InChI=1S/C15H16BrClN2/c1-11-12(9-17)7-8-15(18-11)19(2)10-13-5-3-4-6-14(13)16/h3-8H,9-10H2,1-2H3. The third-order valence-corrected chi connectivity index (χ3v) is 4.14. The van der Waals surface area contributed by atoms with Crippen molar-refractivity contribution in [3.63, 3.8) is 0 Å². The molecular weight excluding hydrogens is 324 g/mol. The molecule has 0 bridgehead atoms. The van der Waals surface area contributed by atoms with E-state index in [4.69, 9.17) is 11.6 Å². The Morgan fingerprint density at radius 2 is 1.89 bits per heavy atom. The number of hydrogen-bond acceptors (Lipinski definition) is 2. The van der Waals surface area contributed by atoms with Gasteiger partial charge in [-0.2, -0.15) is 0 Å². The highest BCUT2D eigenvalue weighted by Crippen LogP contribution is 2.21. The number of alkyl halides is 1. The van der Waals surface area contributed by atoms with Crippen LogP contribution in [0.25, 0.3) is 0 Å². The average molecular weight is 340 g/mol. The smallest absolute Gasteiger partial charge is 0.128 e. The minimum atomic E-state index is 0.507. The molecule has 0 amide bonds. The molecule has 2 rings (SSSR count). The second kappa shape index (κ2) is 6.40. The summed E-state index contributed by atoms with van der Waals surface area (Å²) in [5, 5.41) is 0. The summed E-state index contributed by atoms with van der Waals surface area (Å²) in [5.74, 6) is 1.47. The summed E-state index contributed by atoms with van der Waals surface area (Å²) in [6, 6.07) is 12.3. The van der Waals surface area contributed by atoms with Gasteiger partial charge in [0.15, 0.2) is 0 Å². The maximum atomic E-state index is 5.85. The van der Waals surface area contributed by atoms with Crippen molar-refractivity contribution in [1.82, 2.24) is 4.98 Å². The Balaban J connectivity index is 2.18. The van der Waals surface area contributed by atoms with E-state index in [0.717, 1.165) is 28.1 Å². The van der Waals surface area contributed by atoms with Crippen LogP contribution >= 0.6 is 27.5 Å². The average Bonchev–Trinajstić information content (AvgIpc) is 2.41. The molecule has 2 aromatic rings. The molecule has 0 aliphatic rings. The van der Waals surface area contributed by atoms with Gasteiger partial charge in [-0.15, -0.1) is 11.6 Å². The minimum absolute atomic E-state index is 0.507. The SMILES string of the molecule is Cc1nc(N(C)Cc2ccccc2Br)ccc1CCl. The maximum Gasteiger partial charge on any atom is 0.128 e. The third kappa shape index (κ3) is 3.48. The van der Waals surface area contributed by atoms with Crippen molar-refractivity contribution >= 4 is 33.3 Å². The van der Waals surface area contributed by atoms with Crippen LogP contribution in [0.4, 0.5) is 5.82 Å². The Morgan fingerprint density at radius 3 is 2.53 bits per heavy atom. The van der Waals surface area contributed by atoms with Gasteiger partial charge in [-0.1, -0.05) is 40.2 Å². The molecule has 0 saturated heterocycles. The molecule has 19 heavy (non-hydrogen) atoms. The summed E-state index contributed by atoms with van der Waals surface area (Å²) >= 11 is 9.42. The monoisotopic (exact) mass is 338 g/mol. The zero-order valence-corrected chi connectivity index (χ0v) is 13.4. The number of nitrogens with zero attached hydrogens (tertiary/aromatic N) is 2. The number of halogens is 2. The van der Waals surface area contributed by atoms with Crippen molar-refractivity contribution in [2.24, 2.45) is 0 Å². The number of pyridine rings is 1. The van der Waals surface area contributed by atoms with Gasteiger partial charge in [0.2, 0.25) is 0 Å². The van der Waals surface area contributed by atoms with E-state index in [9.17, 15) is 0 Å². The lowest BCUT2D eigenvalue weighted by atomic mass is 10.2. The summed E-state index contributed by atoms with van der Waals surface area (Å²) in [6.45, 7) is 2.81. The van der Waals surface area contributed by atoms with Crippen molar-refractivity contribution in [2.75, 3.05) is 11.9 Å². The van der Waals surface area contributed by atoms with Crippen molar-refractivity contribution in [1.29, 1.82) is 0 Å². The largest absolute Gasteiger partial charge is 0.355 e. The molecule has 0 saturated carbocycles. The number of hydrogen-bond donors (Lipinski definition) is 0. The predicted octanol–water partition coefficient (Wildman–Crippen LogP) is 4.53. The second-order valence-electron chi connectivity index (χ2n) is 4.50. The molecule has 0 aliphatic carbocycles. The van der Waals surface area contributed by atoms with Crippen LogP contribution < -0.4 is 4.90 Å². The van der Waals surface area contributed by atoms with Gasteiger partial charge in [-0.3, -0.25) is 0 Å². The van der Waals surface area contributed by atoms with Crippen molar-refractivity contribution in [3.05, 3.63) is 57.7 Å². The number of aromatic nitrogens is 1. The molecule has 0 aliphatic heterocycles. The van der Waals surface area contributed by atoms with Gasteiger partial charge in [0.05, 0.1) is 0 Å². The Labute approximate surface area is 127 Å². The summed E-state index contributed by atoms with van der Waals surface area (Å²) in [6.07, 6.45) is 0. The van der Waals surface area contributed by atoms with E-state index in [2.05, 4.69) is 37.9 Å². The second-order valence-corrected chi connectivity index (χ2v) is 5.62. The molecule has 0 N–H and O–H groups in total. The predicted molar refractivity (Wildman–Crippen MR) is 84.8 cm³/mol. The maximum absolute atomic E-state index is 5.85. The summed E-state index contributed by atoms with van der Waals surface area (Å²) in [4.78, 5) is 6.73. The lowest BCUT2D eigenvalue weighted by Gasteiger charge is -2.20. The fourth-order valence-corrected chi connectivity index (χ4v) is 2.59. The Kier molecular flexibility index (Phi) is 4.83. The van der Waals surface area contributed by atoms with Gasteiger partial charge in [0.1, 0.15) is 5.82 Å². The molecule has 0 spiro atoms. The van der Waals surface area contributed by atoms with Gasteiger partial charge in [-0.05, 0) is 30.2 Å². The molecule has 1 heterocycles. The summed E-state index contributed by atoms with van der Waals surface area (Å²) in [5.41, 5.74) is 3.32. The number of benzene rings is 1. The van der Waals surface area contributed by atoms with Gasteiger partial charge in [0.25, 0.3) is 0 Å². The van der Waals surface area contributed by atoms with Crippen molar-refractivity contribution in [3.8, 4) is 0 Å². The van der Waals surface area contributed by atoms with E-state index < -0.39 is 0 Å². The van der Waals surface area contributed by atoms with E-state index in [0.29, 0.717) is 5.88 Å². The molecular formula is C15H16BrClN2. The first kappa shape index (κ1) is 14.4. The van der Waals surface area contributed by atoms with Crippen molar-refractivity contribution < 1.29 is 0 Å². The molecule has 100 valence electrons. The minimum Gasteiger partial charge on any atom is -0.355 e. The highest BCUT2D eigenvalue weighted by Gasteiger charge is 2.07. The summed E-state index contributed by atoms with van der Waals surface area (Å²) in [7, 11) is 2.04. The molecule has 1 aromatic heterocycles. The zero-order valence-electron chi connectivity index (χ0n) is 11.0. The molecule has 2 nitrogen and oxygen atoms in total. The lowest BCUT2D eigenvalue weighted by Crippen LogP contribution is -2.18. The molecule has 4 heteroatoms. The Bertz CT molecular complexity index is 572. The first-order valence-electron chi connectivity index (χ1n) is 6.09. The quantitative estimate of drug-likeness (QED) is 0.761. The van der Waals surface area contributed by atoms with E-state index in [1.54, 1.807) is 0 Å². The molecule has 0 atom stereocenters. The zero-order chi connectivity index (χ0) is 13.8. The van der Waals surface area contributed by atoms with Crippen LogP contribution in [0, 0.1) is 6.92 Å². The van der Waals surface area contributed by atoms with Crippen LogP contribution in [0.5, 0.6) is 0 Å². The molecule has 0 radical (unpaired) electrons. The summed E-state index contributed by atoms with van der Waals surface area (Å²) < 4.78 is 1.12. The number of rotatable bonds is 4. The van der Waals surface area contributed by atoms with Gasteiger partial charge in [-0.25, -0.2) is 4.98 Å². The van der Waals surface area contributed by atoms with E-state index in [1.807, 2.05) is 38.2 Å². The molecule has 0 fully saturated rings. The van der Waals surface area contributed by atoms with Gasteiger partial charge >= 0.3 is 0 Å². The molecule has 1 aromatic carbocycles. The first-order chi connectivity index (χ1) is 9.11. The lowest BCUT2D eigenvalue weighted by molar-refractivity contribution is 0.885. The highest BCUT2D eigenvalue weighted by atomic mass is 79.9. The van der Waals surface area contributed by atoms with E-state index in [-0.39, 0.29) is 0 Å². The van der Waals surface area contributed by atoms with Crippen LogP contribution in [-0.2, 0) is 12.4 Å². The Morgan fingerprint density at radius 1 is 1.16 bits per heavy atom.